The maximum Gasteiger partial charge on any atom is 0.263 e. The number of hydrogen-bond donors (Lipinski definition) is 2. The maximum absolute atomic E-state index is 12.1. The van der Waals surface area contributed by atoms with Gasteiger partial charge >= 0.3 is 0 Å². The second kappa shape index (κ2) is 8.04. The molecule has 1 aromatic heterocycles. The molecular formula is C12H21Cl2N3OS. The Morgan fingerprint density at radius 3 is 2.63 bits per heavy atom. The molecule has 2 rings (SSSR count). The van der Waals surface area contributed by atoms with Crippen LogP contribution in [0.25, 0.3) is 0 Å². The largest absolute Gasteiger partial charge is 0.348 e. The number of aromatic nitrogens is 1. The van der Waals surface area contributed by atoms with Gasteiger partial charge in [0.2, 0.25) is 0 Å². The van der Waals surface area contributed by atoms with Crippen LogP contribution in [0.15, 0.2) is 0 Å². The molecule has 2 heterocycles. The van der Waals surface area contributed by atoms with Crippen LogP contribution in [0.1, 0.15) is 40.1 Å². The van der Waals surface area contributed by atoms with Gasteiger partial charge in [-0.2, -0.15) is 0 Å². The van der Waals surface area contributed by atoms with Crippen molar-refractivity contribution in [3.8, 4) is 0 Å². The van der Waals surface area contributed by atoms with Gasteiger partial charge in [0.05, 0.1) is 10.7 Å². The van der Waals surface area contributed by atoms with Crippen LogP contribution in [-0.2, 0) is 0 Å². The lowest BCUT2D eigenvalue weighted by Crippen LogP contribution is -2.46. The average molecular weight is 326 g/mol. The van der Waals surface area contributed by atoms with Crippen LogP contribution < -0.4 is 10.6 Å². The monoisotopic (exact) mass is 325 g/mol. The van der Waals surface area contributed by atoms with Gasteiger partial charge in [-0.1, -0.05) is 0 Å². The van der Waals surface area contributed by atoms with Crippen molar-refractivity contribution in [2.75, 3.05) is 6.54 Å². The minimum atomic E-state index is 0. The van der Waals surface area contributed by atoms with Crippen LogP contribution in [0.5, 0.6) is 0 Å². The molecule has 1 saturated heterocycles. The molecule has 19 heavy (non-hydrogen) atoms. The third kappa shape index (κ3) is 4.91. The number of nitrogens with zero attached hydrogens (tertiary/aromatic N) is 1. The quantitative estimate of drug-likeness (QED) is 0.878. The minimum Gasteiger partial charge on any atom is -0.348 e. The number of rotatable bonds is 2. The smallest absolute Gasteiger partial charge is 0.263 e. The van der Waals surface area contributed by atoms with Gasteiger partial charge in [0.1, 0.15) is 4.88 Å². The molecule has 1 aromatic rings. The summed E-state index contributed by atoms with van der Waals surface area (Å²) >= 11 is 1.47. The first-order chi connectivity index (χ1) is 8.06. The van der Waals surface area contributed by atoms with E-state index in [4.69, 9.17) is 0 Å². The molecule has 2 atom stereocenters. The summed E-state index contributed by atoms with van der Waals surface area (Å²) in [5, 5.41) is 7.44. The van der Waals surface area contributed by atoms with E-state index in [1.165, 1.54) is 11.3 Å². The second-order valence-electron chi connectivity index (χ2n) is 4.70. The van der Waals surface area contributed by atoms with Gasteiger partial charge in [0, 0.05) is 12.1 Å². The number of thiazole rings is 1. The van der Waals surface area contributed by atoms with Crippen LogP contribution >= 0.6 is 36.2 Å². The van der Waals surface area contributed by atoms with Crippen LogP contribution in [0.4, 0.5) is 0 Å². The van der Waals surface area contributed by atoms with Gasteiger partial charge in [0.25, 0.3) is 5.91 Å². The highest BCUT2D eigenvalue weighted by molar-refractivity contribution is 7.13. The summed E-state index contributed by atoms with van der Waals surface area (Å²) in [7, 11) is 0. The highest BCUT2D eigenvalue weighted by Gasteiger charge is 2.22. The van der Waals surface area contributed by atoms with Crippen molar-refractivity contribution < 1.29 is 4.79 Å². The van der Waals surface area contributed by atoms with E-state index in [9.17, 15) is 4.79 Å². The predicted molar refractivity (Wildman–Crippen MR) is 84.0 cm³/mol. The molecule has 1 aliphatic heterocycles. The molecule has 110 valence electrons. The SMILES string of the molecule is Cc1nc(C)c(C(=O)NC2CCNC(C)C2)s1.Cl.Cl. The van der Waals surface area contributed by atoms with Crippen molar-refractivity contribution in [1.82, 2.24) is 15.6 Å². The van der Waals surface area contributed by atoms with E-state index in [-0.39, 0.29) is 30.7 Å². The van der Waals surface area contributed by atoms with Gasteiger partial charge in [0.15, 0.2) is 0 Å². The highest BCUT2D eigenvalue weighted by atomic mass is 35.5. The highest BCUT2D eigenvalue weighted by Crippen LogP contribution is 2.18. The molecule has 0 spiro atoms. The van der Waals surface area contributed by atoms with Crippen molar-refractivity contribution in [2.24, 2.45) is 0 Å². The lowest BCUT2D eigenvalue weighted by Gasteiger charge is -2.28. The Balaban J connectivity index is 0.00000162. The van der Waals surface area contributed by atoms with Crippen molar-refractivity contribution in [2.45, 2.75) is 45.7 Å². The van der Waals surface area contributed by atoms with E-state index >= 15 is 0 Å². The molecule has 0 saturated carbocycles. The summed E-state index contributed by atoms with van der Waals surface area (Å²) in [6.07, 6.45) is 2.01. The Morgan fingerprint density at radius 1 is 1.42 bits per heavy atom. The van der Waals surface area contributed by atoms with Crippen molar-refractivity contribution >= 4 is 42.1 Å². The zero-order valence-corrected chi connectivity index (χ0v) is 13.8. The number of halogens is 2. The van der Waals surface area contributed by atoms with Crippen molar-refractivity contribution in [3.05, 3.63) is 15.6 Å². The van der Waals surface area contributed by atoms with Gasteiger partial charge in [-0.15, -0.1) is 36.2 Å². The Morgan fingerprint density at radius 2 is 2.11 bits per heavy atom. The maximum atomic E-state index is 12.1. The third-order valence-electron chi connectivity index (χ3n) is 3.07. The average Bonchev–Trinajstić information content (AvgIpc) is 2.58. The zero-order chi connectivity index (χ0) is 12.4. The Bertz CT molecular complexity index is 425. The first-order valence-corrected chi connectivity index (χ1v) is 6.86. The van der Waals surface area contributed by atoms with Crippen LogP contribution in [0.2, 0.25) is 0 Å². The second-order valence-corrected chi connectivity index (χ2v) is 5.90. The fourth-order valence-electron chi connectivity index (χ4n) is 2.26. The molecular weight excluding hydrogens is 305 g/mol. The Kier molecular flexibility index (Phi) is 7.89. The van der Waals surface area contributed by atoms with E-state index in [1.54, 1.807) is 0 Å². The fraction of sp³-hybridized carbons (Fsp3) is 0.667. The lowest BCUT2D eigenvalue weighted by atomic mass is 10.0. The number of piperidine rings is 1. The van der Waals surface area contributed by atoms with E-state index in [0.717, 1.165) is 35.0 Å². The molecule has 0 aromatic carbocycles. The molecule has 7 heteroatoms. The molecule has 2 unspecified atom stereocenters. The predicted octanol–water partition coefficient (Wildman–Crippen LogP) is 2.47. The van der Waals surface area contributed by atoms with Crippen LogP contribution in [-0.4, -0.2) is 29.5 Å². The topological polar surface area (TPSA) is 54.0 Å². The van der Waals surface area contributed by atoms with Gasteiger partial charge in [-0.25, -0.2) is 4.98 Å². The normalized spacial score (nSPS) is 22.1. The summed E-state index contributed by atoms with van der Waals surface area (Å²) in [5.74, 6) is 0.0344. The number of aryl methyl sites for hydroxylation is 2. The molecule has 1 fully saturated rings. The standard InChI is InChI=1S/C12H19N3OS.2ClH/c1-7-6-10(4-5-13-7)15-12(16)11-8(2)14-9(3)17-11;;/h7,10,13H,4-6H2,1-3H3,(H,15,16);2*1H. The van der Waals surface area contributed by atoms with Crippen molar-refractivity contribution in [3.63, 3.8) is 0 Å². The first kappa shape index (κ1) is 18.6. The molecule has 0 bridgehead atoms. The Hall–Kier alpha value is -0.360. The van der Waals surface area contributed by atoms with Crippen LogP contribution in [0.3, 0.4) is 0 Å². The molecule has 4 nitrogen and oxygen atoms in total. The van der Waals surface area contributed by atoms with E-state index in [1.807, 2.05) is 13.8 Å². The number of carbonyl (C=O) groups excluding carboxylic acids is 1. The summed E-state index contributed by atoms with van der Waals surface area (Å²) < 4.78 is 0. The summed E-state index contributed by atoms with van der Waals surface area (Å²) in [6.45, 7) is 6.96. The van der Waals surface area contributed by atoms with Crippen LogP contribution in [0, 0.1) is 13.8 Å². The molecule has 1 aliphatic rings. The van der Waals surface area contributed by atoms with E-state index in [0.29, 0.717) is 12.1 Å². The molecule has 0 aliphatic carbocycles. The van der Waals surface area contributed by atoms with Gasteiger partial charge in [-0.05, 0) is 40.2 Å². The number of nitrogens with one attached hydrogen (secondary N) is 2. The Labute approximate surface area is 130 Å². The molecule has 0 radical (unpaired) electrons. The minimum absolute atomic E-state index is 0. The number of carbonyl (C=O) groups is 1. The fourth-order valence-corrected chi connectivity index (χ4v) is 3.08. The summed E-state index contributed by atoms with van der Waals surface area (Å²) in [6, 6.07) is 0.777. The van der Waals surface area contributed by atoms with E-state index < -0.39 is 0 Å². The van der Waals surface area contributed by atoms with Gasteiger partial charge in [-0.3, -0.25) is 4.79 Å². The number of amides is 1. The third-order valence-corrected chi connectivity index (χ3v) is 4.14. The summed E-state index contributed by atoms with van der Waals surface area (Å²) in [4.78, 5) is 17.1. The summed E-state index contributed by atoms with van der Waals surface area (Å²) in [5.41, 5.74) is 0.840. The van der Waals surface area contributed by atoms with Crippen molar-refractivity contribution in [1.29, 1.82) is 0 Å². The zero-order valence-electron chi connectivity index (χ0n) is 11.4. The number of hydrogen-bond acceptors (Lipinski definition) is 4. The van der Waals surface area contributed by atoms with Gasteiger partial charge < -0.3 is 10.6 Å². The van der Waals surface area contributed by atoms with E-state index in [2.05, 4.69) is 22.5 Å². The first-order valence-electron chi connectivity index (χ1n) is 6.04. The molecule has 2 N–H and O–H groups in total. The molecule has 1 amide bonds. The lowest BCUT2D eigenvalue weighted by molar-refractivity contribution is 0.0929.